The van der Waals surface area contributed by atoms with E-state index in [2.05, 4.69) is 0 Å². The van der Waals surface area contributed by atoms with E-state index in [1.54, 1.807) is 0 Å². The highest BCUT2D eigenvalue weighted by molar-refractivity contribution is 6.11. The predicted octanol–water partition coefficient (Wildman–Crippen LogP) is -0.469. The van der Waals surface area contributed by atoms with Gasteiger partial charge in [-0.15, -0.1) is 0 Å². The van der Waals surface area contributed by atoms with Gasteiger partial charge in [0, 0.05) is 0 Å². The Morgan fingerprint density at radius 1 is 0.810 bits per heavy atom. The highest BCUT2D eigenvalue weighted by Crippen LogP contribution is 2.44. The summed E-state index contributed by atoms with van der Waals surface area (Å²) in [5, 5.41) is 74.8. The van der Waals surface area contributed by atoms with Gasteiger partial charge in [-0.2, -0.15) is 0 Å². The molecule has 0 radical (unpaired) electrons. The Morgan fingerprint density at radius 3 is 1.55 bits per heavy atom. The molecule has 2 aromatic carbocycles. The number of phenols is 2. The molecule has 0 amide bonds. The summed E-state index contributed by atoms with van der Waals surface area (Å²) in [5.74, 6) is -7.04. The fraction of sp³-hybridized carbons (Fsp3) is 0.357. The molecule has 3 rings (SSSR count). The van der Waals surface area contributed by atoms with E-state index in [-0.39, 0.29) is 45.6 Å². The standard InChI is InChI=1S/C28H32O14/c1-38-17-9-15(10-18(39-2)24(17)33)5-7-21(30)27(36)23(32)13-42-26(35,14-29)28(27,37)22(31)8-6-16-11-19(40-3)25(34)20(12-16)41-4/h5-12,23,29,32-37H,13-14H2,1-4H3/b7-5+,8-6+/t23-,26?,27-,28-/m1/s1. The van der Waals surface area contributed by atoms with Crippen molar-refractivity contribution in [3.8, 4) is 34.5 Å². The quantitative estimate of drug-likeness (QED) is 0.164. The van der Waals surface area contributed by atoms with Crippen molar-refractivity contribution in [1.29, 1.82) is 0 Å². The van der Waals surface area contributed by atoms with E-state index < -0.39 is 47.9 Å². The molecule has 1 fully saturated rings. The van der Waals surface area contributed by atoms with Crippen molar-refractivity contribution >= 4 is 23.7 Å². The molecule has 1 unspecified atom stereocenters. The average Bonchev–Trinajstić information content (AvgIpc) is 3.00. The maximum Gasteiger partial charge on any atom is 0.230 e. The fourth-order valence-corrected chi connectivity index (χ4v) is 4.48. The highest BCUT2D eigenvalue weighted by Gasteiger charge is 2.74. The Bertz CT molecular complexity index is 1350. The van der Waals surface area contributed by atoms with Gasteiger partial charge in [0.25, 0.3) is 0 Å². The lowest BCUT2D eigenvalue weighted by Crippen LogP contribution is -2.82. The first-order valence-corrected chi connectivity index (χ1v) is 12.2. The smallest absolute Gasteiger partial charge is 0.230 e. The summed E-state index contributed by atoms with van der Waals surface area (Å²) in [6.45, 7) is -2.43. The molecule has 1 heterocycles. The summed E-state index contributed by atoms with van der Waals surface area (Å²) in [5.41, 5.74) is -6.73. The van der Waals surface area contributed by atoms with Crippen LogP contribution in [0.5, 0.6) is 34.5 Å². The van der Waals surface area contributed by atoms with Gasteiger partial charge in [0.2, 0.25) is 22.9 Å². The molecule has 0 spiro atoms. The van der Waals surface area contributed by atoms with E-state index in [1.165, 1.54) is 52.7 Å². The van der Waals surface area contributed by atoms with Crippen LogP contribution >= 0.6 is 0 Å². The Kier molecular flexibility index (Phi) is 9.52. The van der Waals surface area contributed by atoms with Crippen LogP contribution in [0.1, 0.15) is 11.1 Å². The maximum atomic E-state index is 13.5. The van der Waals surface area contributed by atoms with Gasteiger partial charge in [0.1, 0.15) is 12.7 Å². The molecule has 42 heavy (non-hydrogen) atoms. The predicted molar refractivity (Wildman–Crippen MR) is 144 cm³/mol. The second-order valence-electron chi connectivity index (χ2n) is 9.19. The summed E-state index contributed by atoms with van der Waals surface area (Å²) in [6.07, 6.45) is 1.27. The molecule has 0 bridgehead atoms. The number of methoxy groups -OCH3 is 4. The van der Waals surface area contributed by atoms with Gasteiger partial charge in [-0.3, -0.25) is 9.59 Å². The molecule has 0 aliphatic carbocycles. The second kappa shape index (κ2) is 12.4. The number of hydrogen-bond acceptors (Lipinski definition) is 14. The summed E-state index contributed by atoms with van der Waals surface area (Å²) in [6, 6.07) is 5.18. The Hall–Kier alpha value is -4.18. The van der Waals surface area contributed by atoms with Crippen LogP contribution in [0.4, 0.5) is 0 Å². The number of hydrogen-bond donors (Lipinski definition) is 7. The number of aliphatic hydroxyl groups is 5. The van der Waals surface area contributed by atoms with E-state index >= 15 is 0 Å². The summed E-state index contributed by atoms with van der Waals surface area (Å²) < 4.78 is 25.2. The lowest BCUT2D eigenvalue weighted by atomic mass is 9.66. The highest BCUT2D eigenvalue weighted by atomic mass is 16.7. The molecule has 1 saturated heterocycles. The number of carbonyl (C=O) groups excluding carboxylic acids is 2. The zero-order valence-electron chi connectivity index (χ0n) is 23.1. The van der Waals surface area contributed by atoms with Gasteiger partial charge in [-0.1, -0.05) is 12.2 Å². The van der Waals surface area contributed by atoms with Crippen LogP contribution in [0.15, 0.2) is 36.4 Å². The first-order chi connectivity index (χ1) is 19.8. The van der Waals surface area contributed by atoms with E-state index in [1.807, 2.05) is 0 Å². The zero-order valence-corrected chi connectivity index (χ0v) is 23.1. The number of aliphatic hydroxyl groups excluding tert-OH is 2. The Labute approximate surface area is 239 Å². The van der Waals surface area contributed by atoms with Gasteiger partial charge in [0.05, 0.1) is 35.0 Å². The molecule has 0 saturated carbocycles. The third-order valence-electron chi connectivity index (χ3n) is 6.88. The monoisotopic (exact) mass is 592 g/mol. The molecule has 14 nitrogen and oxygen atoms in total. The molecular formula is C28H32O14. The van der Waals surface area contributed by atoms with Crippen molar-refractivity contribution in [1.82, 2.24) is 0 Å². The Balaban J connectivity index is 2.09. The van der Waals surface area contributed by atoms with Crippen LogP contribution < -0.4 is 18.9 Å². The molecule has 228 valence electrons. The number of aromatic hydroxyl groups is 2. The minimum Gasteiger partial charge on any atom is -0.502 e. The van der Waals surface area contributed by atoms with Gasteiger partial charge in [-0.25, -0.2) is 0 Å². The number of benzene rings is 2. The number of ether oxygens (including phenoxy) is 5. The topological polar surface area (TPSA) is 222 Å². The summed E-state index contributed by atoms with van der Waals surface area (Å²) in [4.78, 5) is 26.9. The Morgan fingerprint density at radius 2 is 1.19 bits per heavy atom. The van der Waals surface area contributed by atoms with Gasteiger partial charge in [0.15, 0.2) is 40.2 Å². The van der Waals surface area contributed by atoms with Crippen molar-refractivity contribution in [3.05, 3.63) is 47.5 Å². The largest absolute Gasteiger partial charge is 0.502 e. The molecule has 0 aromatic heterocycles. The van der Waals surface area contributed by atoms with E-state index in [9.17, 15) is 45.3 Å². The van der Waals surface area contributed by atoms with Crippen LogP contribution in [0, 0.1) is 0 Å². The van der Waals surface area contributed by atoms with Crippen molar-refractivity contribution in [2.75, 3.05) is 41.7 Å². The first kappa shape index (κ1) is 32.3. The number of ketones is 2. The van der Waals surface area contributed by atoms with Gasteiger partial charge >= 0.3 is 0 Å². The molecule has 7 N–H and O–H groups in total. The van der Waals surface area contributed by atoms with E-state index in [0.29, 0.717) is 12.2 Å². The maximum absolute atomic E-state index is 13.5. The van der Waals surface area contributed by atoms with Gasteiger partial charge < -0.3 is 59.4 Å². The van der Waals surface area contributed by atoms with Crippen LogP contribution in [-0.2, 0) is 14.3 Å². The molecule has 14 heteroatoms. The van der Waals surface area contributed by atoms with Crippen LogP contribution in [0.2, 0.25) is 0 Å². The second-order valence-corrected chi connectivity index (χ2v) is 9.19. The molecule has 1 aliphatic rings. The third-order valence-corrected chi connectivity index (χ3v) is 6.88. The van der Waals surface area contributed by atoms with Crippen molar-refractivity contribution in [2.24, 2.45) is 0 Å². The van der Waals surface area contributed by atoms with Crippen molar-refractivity contribution < 1.29 is 69.0 Å². The summed E-state index contributed by atoms with van der Waals surface area (Å²) >= 11 is 0. The fourth-order valence-electron chi connectivity index (χ4n) is 4.48. The first-order valence-electron chi connectivity index (χ1n) is 12.2. The number of carbonyl (C=O) groups is 2. The van der Waals surface area contributed by atoms with Crippen molar-refractivity contribution in [2.45, 2.75) is 23.1 Å². The van der Waals surface area contributed by atoms with E-state index in [4.69, 9.17) is 23.7 Å². The molecule has 1 aliphatic heterocycles. The SMILES string of the molecule is COc1cc(/C=C/C(=O)[C@@]2(O)[C@H](O)COC(O)(CO)[C@]2(O)C(=O)/C=C/c2cc(OC)c(O)c(OC)c2)cc(OC)c1O. The average molecular weight is 593 g/mol. The molecule has 2 aromatic rings. The lowest BCUT2D eigenvalue weighted by Gasteiger charge is -2.53. The van der Waals surface area contributed by atoms with Crippen LogP contribution in [0.25, 0.3) is 12.2 Å². The lowest BCUT2D eigenvalue weighted by molar-refractivity contribution is -0.376. The molecule has 4 atom stereocenters. The third kappa shape index (κ3) is 5.27. The minimum absolute atomic E-state index is 0.0276. The number of phenolic OH excluding ortho intramolecular Hbond substituents is 2. The normalized spacial score (nSPS) is 25.9. The van der Waals surface area contributed by atoms with E-state index in [0.717, 1.165) is 12.2 Å². The molecular weight excluding hydrogens is 560 g/mol. The zero-order chi connectivity index (χ0) is 31.5. The minimum atomic E-state index is -3.65. The van der Waals surface area contributed by atoms with Crippen molar-refractivity contribution in [3.63, 3.8) is 0 Å². The van der Waals surface area contributed by atoms with Crippen LogP contribution in [0.3, 0.4) is 0 Å². The van der Waals surface area contributed by atoms with Crippen LogP contribution in [-0.4, -0.2) is 112 Å². The van der Waals surface area contributed by atoms with Gasteiger partial charge in [-0.05, 0) is 47.5 Å². The number of rotatable bonds is 11. The summed E-state index contributed by atoms with van der Waals surface area (Å²) in [7, 11) is 5.07.